The van der Waals surface area contributed by atoms with E-state index in [9.17, 15) is 5.11 Å². The van der Waals surface area contributed by atoms with Crippen molar-refractivity contribution in [3.8, 4) is 0 Å². The van der Waals surface area contributed by atoms with Crippen molar-refractivity contribution in [1.29, 1.82) is 0 Å². The van der Waals surface area contributed by atoms with E-state index in [0.29, 0.717) is 12.0 Å². The van der Waals surface area contributed by atoms with Gasteiger partial charge in [-0.15, -0.1) is 0 Å². The van der Waals surface area contributed by atoms with Gasteiger partial charge in [0.25, 0.3) is 0 Å². The summed E-state index contributed by atoms with van der Waals surface area (Å²) in [5, 5.41) is 22.3. The van der Waals surface area contributed by atoms with E-state index in [1.54, 1.807) is 6.20 Å². The SMILES string of the molecule is OCC1CCCCC1Nc1cnnc2ccccc12. The topological polar surface area (TPSA) is 58.0 Å². The highest BCUT2D eigenvalue weighted by molar-refractivity contribution is 5.90. The van der Waals surface area contributed by atoms with Gasteiger partial charge >= 0.3 is 0 Å². The normalized spacial score (nSPS) is 23.4. The Morgan fingerprint density at radius 2 is 2.05 bits per heavy atom. The molecule has 3 rings (SSSR count). The first-order chi connectivity index (χ1) is 9.38. The van der Waals surface area contributed by atoms with Crippen molar-refractivity contribution in [2.75, 3.05) is 11.9 Å². The van der Waals surface area contributed by atoms with E-state index in [2.05, 4.69) is 21.6 Å². The summed E-state index contributed by atoms with van der Waals surface area (Å²) in [6.45, 7) is 0.258. The van der Waals surface area contributed by atoms with Crippen molar-refractivity contribution in [3.63, 3.8) is 0 Å². The van der Waals surface area contributed by atoms with Gasteiger partial charge < -0.3 is 10.4 Å². The second kappa shape index (κ2) is 5.53. The van der Waals surface area contributed by atoms with Gasteiger partial charge in [0, 0.05) is 24.0 Å². The maximum atomic E-state index is 9.48. The average molecular weight is 257 g/mol. The molecule has 100 valence electrons. The number of aliphatic hydroxyl groups excluding tert-OH is 1. The molecule has 1 aromatic carbocycles. The van der Waals surface area contributed by atoms with E-state index >= 15 is 0 Å². The number of rotatable bonds is 3. The minimum absolute atomic E-state index is 0.258. The molecule has 2 N–H and O–H groups in total. The first-order valence-electron chi connectivity index (χ1n) is 6.96. The Balaban J connectivity index is 1.88. The highest BCUT2D eigenvalue weighted by Gasteiger charge is 2.24. The van der Waals surface area contributed by atoms with Crippen molar-refractivity contribution in [2.45, 2.75) is 31.7 Å². The first-order valence-corrected chi connectivity index (χ1v) is 6.96. The van der Waals surface area contributed by atoms with Gasteiger partial charge in [0.1, 0.15) is 0 Å². The van der Waals surface area contributed by atoms with Gasteiger partial charge in [-0.3, -0.25) is 0 Å². The lowest BCUT2D eigenvalue weighted by Gasteiger charge is -2.31. The number of hydrogen-bond donors (Lipinski definition) is 2. The quantitative estimate of drug-likeness (QED) is 0.887. The van der Waals surface area contributed by atoms with Crippen molar-refractivity contribution < 1.29 is 5.11 Å². The Kier molecular flexibility index (Phi) is 3.60. The summed E-state index contributed by atoms with van der Waals surface area (Å²) < 4.78 is 0. The predicted molar refractivity (Wildman–Crippen MR) is 76.0 cm³/mol. The number of benzene rings is 1. The smallest absolute Gasteiger partial charge is 0.0950 e. The van der Waals surface area contributed by atoms with Crippen LogP contribution in [-0.2, 0) is 0 Å². The molecule has 2 atom stereocenters. The third-order valence-electron chi connectivity index (χ3n) is 4.03. The molecular formula is C15H19N3O. The van der Waals surface area contributed by atoms with Crippen molar-refractivity contribution in [2.24, 2.45) is 5.92 Å². The molecule has 2 unspecified atom stereocenters. The fourth-order valence-corrected chi connectivity index (χ4v) is 2.94. The molecular weight excluding hydrogens is 238 g/mol. The fraction of sp³-hybridized carbons (Fsp3) is 0.467. The lowest BCUT2D eigenvalue weighted by molar-refractivity contribution is 0.178. The Labute approximate surface area is 112 Å². The molecule has 19 heavy (non-hydrogen) atoms. The first kappa shape index (κ1) is 12.4. The van der Waals surface area contributed by atoms with Gasteiger partial charge in [-0.05, 0) is 18.9 Å². The maximum absolute atomic E-state index is 9.48. The highest BCUT2D eigenvalue weighted by atomic mass is 16.3. The van der Waals surface area contributed by atoms with Crippen LogP contribution in [0.4, 0.5) is 5.69 Å². The number of anilines is 1. The minimum Gasteiger partial charge on any atom is -0.396 e. The minimum atomic E-state index is 0.258. The van der Waals surface area contributed by atoms with Gasteiger partial charge in [0.05, 0.1) is 17.4 Å². The van der Waals surface area contributed by atoms with Crippen molar-refractivity contribution >= 4 is 16.6 Å². The molecule has 0 saturated heterocycles. The lowest BCUT2D eigenvalue weighted by Crippen LogP contribution is -2.34. The molecule has 1 heterocycles. The van der Waals surface area contributed by atoms with Crippen LogP contribution in [0.15, 0.2) is 30.5 Å². The Hall–Kier alpha value is -1.68. The third kappa shape index (κ3) is 2.54. The Bertz CT molecular complexity index is 553. The van der Waals surface area contributed by atoms with E-state index < -0.39 is 0 Å². The summed E-state index contributed by atoms with van der Waals surface area (Å²) in [5.74, 6) is 0.348. The van der Waals surface area contributed by atoms with Crippen LogP contribution < -0.4 is 5.32 Å². The number of nitrogens with zero attached hydrogens (tertiary/aromatic N) is 2. The summed E-state index contributed by atoms with van der Waals surface area (Å²) in [6.07, 6.45) is 6.45. The molecule has 1 aliphatic rings. The molecule has 0 spiro atoms. The predicted octanol–water partition coefficient (Wildman–Crippen LogP) is 2.59. The molecule has 0 amide bonds. The van der Waals surface area contributed by atoms with E-state index in [1.807, 2.05) is 18.2 Å². The number of fused-ring (bicyclic) bond motifs is 1. The number of aromatic nitrogens is 2. The summed E-state index contributed by atoms with van der Waals surface area (Å²) in [4.78, 5) is 0. The zero-order chi connectivity index (χ0) is 13.1. The number of aliphatic hydroxyl groups is 1. The van der Waals surface area contributed by atoms with Crippen LogP contribution in [0, 0.1) is 5.92 Å². The van der Waals surface area contributed by atoms with E-state index in [0.717, 1.165) is 29.4 Å². The Morgan fingerprint density at radius 1 is 1.21 bits per heavy atom. The third-order valence-corrected chi connectivity index (χ3v) is 4.03. The maximum Gasteiger partial charge on any atom is 0.0950 e. The van der Waals surface area contributed by atoms with Gasteiger partial charge in [-0.2, -0.15) is 10.2 Å². The summed E-state index contributed by atoms with van der Waals surface area (Å²) >= 11 is 0. The second-order valence-electron chi connectivity index (χ2n) is 5.25. The Morgan fingerprint density at radius 3 is 2.95 bits per heavy atom. The molecule has 1 saturated carbocycles. The highest BCUT2D eigenvalue weighted by Crippen LogP contribution is 2.29. The van der Waals surface area contributed by atoms with Gasteiger partial charge in [0.15, 0.2) is 0 Å². The molecule has 2 aromatic rings. The molecule has 0 radical (unpaired) electrons. The van der Waals surface area contributed by atoms with E-state index in [4.69, 9.17) is 0 Å². The fourth-order valence-electron chi connectivity index (χ4n) is 2.94. The zero-order valence-corrected chi connectivity index (χ0v) is 10.9. The largest absolute Gasteiger partial charge is 0.396 e. The number of nitrogens with one attached hydrogen (secondary N) is 1. The van der Waals surface area contributed by atoms with Crippen molar-refractivity contribution in [1.82, 2.24) is 10.2 Å². The molecule has 0 aliphatic heterocycles. The summed E-state index contributed by atoms with van der Waals surface area (Å²) in [7, 11) is 0. The molecule has 1 aromatic heterocycles. The molecule has 4 heteroatoms. The van der Waals surface area contributed by atoms with Crippen LogP contribution in [0.5, 0.6) is 0 Å². The molecule has 1 fully saturated rings. The van der Waals surface area contributed by atoms with Crippen LogP contribution in [0.2, 0.25) is 0 Å². The van der Waals surface area contributed by atoms with Gasteiger partial charge in [-0.25, -0.2) is 0 Å². The van der Waals surface area contributed by atoms with Crippen LogP contribution in [0.25, 0.3) is 10.9 Å². The monoisotopic (exact) mass is 257 g/mol. The van der Waals surface area contributed by atoms with Crippen molar-refractivity contribution in [3.05, 3.63) is 30.5 Å². The molecule has 0 bridgehead atoms. The van der Waals surface area contributed by atoms with Crippen LogP contribution in [-0.4, -0.2) is 28.0 Å². The van der Waals surface area contributed by atoms with Crippen LogP contribution >= 0.6 is 0 Å². The van der Waals surface area contributed by atoms with Crippen LogP contribution in [0.1, 0.15) is 25.7 Å². The van der Waals surface area contributed by atoms with Gasteiger partial charge in [-0.1, -0.05) is 31.0 Å². The second-order valence-corrected chi connectivity index (χ2v) is 5.25. The summed E-state index contributed by atoms with van der Waals surface area (Å²) in [6, 6.07) is 8.35. The zero-order valence-electron chi connectivity index (χ0n) is 10.9. The van der Waals surface area contributed by atoms with Gasteiger partial charge in [0.2, 0.25) is 0 Å². The summed E-state index contributed by atoms with van der Waals surface area (Å²) in [5.41, 5.74) is 1.93. The molecule has 1 aliphatic carbocycles. The van der Waals surface area contributed by atoms with E-state index in [-0.39, 0.29) is 6.61 Å². The number of hydrogen-bond acceptors (Lipinski definition) is 4. The van der Waals surface area contributed by atoms with Crippen LogP contribution in [0.3, 0.4) is 0 Å². The standard InChI is InChI=1S/C15H19N3O/c19-10-11-5-1-3-7-13(11)17-15-9-16-18-14-8-4-2-6-12(14)15/h2,4,6,8-9,11,13,19H,1,3,5,7,10H2,(H,17,18). The lowest BCUT2D eigenvalue weighted by atomic mass is 9.85. The van der Waals surface area contributed by atoms with E-state index in [1.165, 1.54) is 12.8 Å². The average Bonchev–Trinajstić information content (AvgIpc) is 2.48. The molecule has 4 nitrogen and oxygen atoms in total.